The van der Waals surface area contributed by atoms with E-state index in [0.29, 0.717) is 18.4 Å². The average Bonchev–Trinajstić information content (AvgIpc) is 3.17. The van der Waals surface area contributed by atoms with Crippen molar-refractivity contribution < 1.29 is 63.9 Å². The Labute approximate surface area is 346 Å². The van der Waals surface area contributed by atoms with Crippen LogP contribution in [0.3, 0.4) is 0 Å². The molecule has 3 aliphatic heterocycles. The summed E-state index contributed by atoms with van der Waals surface area (Å²) >= 11 is 0. The van der Waals surface area contributed by atoms with Crippen LogP contribution in [0.1, 0.15) is 94.9 Å². The molecule has 0 bridgehead atoms. The summed E-state index contributed by atoms with van der Waals surface area (Å²) in [7, 11) is 2.83. The second-order valence-corrected chi connectivity index (χ2v) is 17.1. The van der Waals surface area contributed by atoms with Crippen molar-refractivity contribution in [1.82, 2.24) is 0 Å². The van der Waals surface area contributed by atoms with Gasteiger partial charge in [-0.3, -0.25) is 0 Å². The number of allylic oxidation sites excluding steroid dienone is 6. The lowest BCUT2D eigenvalue weighted by Crippen LogP contribution is -2.59. The van der Waals surface area contributed by atoms with Gasteiger partial charge in [0.05, 0.1) is 49.8 Å². The second kappa shape index (κ2) is 22.4. The Morgan fingerprint density at radius 2 is 1.71 bits per heavy atom. The van der Waals surface area contributed by atoms with E-state index in [1.165, 1.54) is 20.3 Å². The standard InChI is InChI=1S/C45H74O13/c1-13-16-34-28(7)37(56-38-22-33(46)42(50)31(10)55-38)23-45(52,58-34)30(9)41(49)29(8)43-35(53-11)18-15-17-24(3)19-26(5)39(47)32(14-2)40(48)27(6)20-25(4)21-36(54-12)44(51)57-43/h13,15-18,20-21,26-35,37-43,46-50,52H,14,19,22-23H2,1-12H3/b16-13+,18-15+,24-17-,25-20+,36-21+/t26-,27-,28-,29+,30+,31-,32-,33-,34-,35+,37-,38+,39+,40-,41-,42-,43-,45-/m1/s1. The third-order valence-corrected chi connectivity index (χ3v) is 12.5. The van der Waals surface area contributed by atoms with Crippen molar-refractivity contribution in [3.63, 3.8) is 0 Å². The monoisotopic (exact) mass is 823 g/mol. The predicted octanol–water partition coefficient (Wildman–Crippen LogP) is 4.88. The molecular weight excluding hydrogens is 748 g/mol. The molecule has 13 heteroatoms. The fourth-order valence-corrected chi connectivity index (χ4v) is 8.64. The average molecular weight is 823 g/mol. The van der Waals surface area contributed by atoms with E-state index < -0.39 is 90.9 Å². The Bertz CT molecular complexity index is 1450. The van der Waals surface area contributed by atoms with Crippen LogP contribution in [0.25, 0.3) is 0 Å². The lowest BCUT2D eigenvalue weighted by molar-refractivity contribution is -0.339. The molecule has 0 amide bonds. The van der Waals surface area contributed by atoms with Crippen molar-refractivity contribution in [3.8, 4) is 0 Å². The van der Waals surface area contributed by atoms with Crippen LogP contribution in [0.2, 0.25) is 0 Å². The molecule has 6 N–H and O–H groups in total. The van der Waals surface area contributed by atoms with Crippen molar-refractivity contribution in [2.75, 3.05) is 14.2 Å². The third-order valence-electron chi connectivity index (χ3n) is 12.5. The Morgan fingerprint density at radius 1 is 1.03 bits per heavy atom. The number of rotatable bonds is 10. The minimum absolute atomic E-state index is 0.0414. The lowest BCUT2D eigenvalue weighted by Gasteiger charge is -2.49. The number of aliphatic hydroxyl groups excluding tert-OH is 5. The number of aliphatic hydroxyl groups is 6. The fourth-order valence-electron chi connectivity index (χ4n) is 8.64. The van der Waals surface area contributed by atoms with E-state index in [2.05, 4.69) is 0 Å². The minimum Gasteiger partial charge on any atom is -0.490 e. The minimum atomic E-state index is -1.93. The number of esters is 1. The van der Waals surface area contributed by atoms with E-state index in [1.807, 2.05) is 65.8 Å². The van der Waals surface area contributed by atoms with Gasteiger partial charge in [0, 0.05) is 49.5 Å². The smallest absolute Gasteiger partial charge is 0.373 e. The molecule has 0 aromatic carbocycles. The Hall–Kier alpha value is -2.43. The Kier molecular flexibility index (Phi) is 19.3. The molecule has 0 unspecified atom stereocenters. The highest BCUT2D eigenvalue weighted by molar-refractivity contribution is 5.87. The topological polar surface area (TPSA) is 194 Å². The van der Waals surface area contributed by atoms with Gasteiger partial charge in [0.15, 0.2) is 12.1 Å². The van der Waals surface area contributed by atoms with Gasteiger partial charge in [0.25, 0.3) is 0 Å². The van der Waals surface area contributed by atoms with Gasteiger partial charge in [-0.2, -0.15) is 0 Å². The second-order valence-electron chi connectivity index (χ2n) is 17.1. The molecule has 0 aliphatic carbocycles. The first kappa shape index (κ1) is 49.9. The number of carbonyl (C=O) groups is 1. The number of methoxy groups -OCH3 is 2. The molecule has 0 spiro atoms. The molecule has 2 saturated heterocycles. The summed E-state index contributed by atoms with van der Waals surface area (Å²) in [4.78, 5) is 13.9. The van der Waals surface area contributed by atoms with Gasteiger partial charge in [0.1, 0.15) is 18.3 Å². The summed E-state index contributed by atoms with van der Waals surface area (Å²) in [5.41, 5.74) is 1.61. The highest BCUT2D eigenvalue weighted by Gasteiger charge is 2.52. The molecule has 3 rings (SSSR count). The van der Waals surface area contributed by atoms with E-state index in [9.17, 15) is 35.4 Å². The summed E-state index contributed by atoms with van der Waals surface area (Å²) in [5, 5.41) is 67.8. The summed E-state index contributed by atoms with van der Waals surface area (Å²) in [6, 6.07) is 0. The largest absolute Gasteiger partial charge is 0.490 e. The van der Waals surface area contributed by atoms with Gasteiger partial charge in [-0.25, -0.2) is 4.79 Å². The van der Waals surface area contributed by atoms with Crippen LogP contribution in [0.5, 0.6) is 0 Å². The molecule has 3 heterocycles. The number of hydrogen-bond acceptors (Lipinski definition) is 13. The first-order valence-electron chi connectivity index (χ1n) is 21.0. The molecule has 3 aliphatic rings. The van der Waals surface area contributed by atoms with Gasteiger partial charge in [-0.1, -0.05) is 89.1 Å². The SMILES string of the molecule is C/C=C/[C@H]1O[C@@](O)([C@@H](C)[C@H](O)[C@H](C)[C@H]2OC(=O)/C(OC)=C\C(C)=C\[C@@H](C)[C@@H](O)[C@H](CC)[C@@H](O)[C@H](C)C/C(C)=C\C=C\[C@@H]2OC)C[C@@H](O[C@H]2C[C@@H](O)[C@H](O)[C@@H](C)O2)[C@@H]1C. The lowest BCUT2D eigenvalue weighted by atomic mass is 9.77. The van der Waals surface area contributed by atoms with Gasteiger partial charge in [-0.15, -0.1) is 0 Å². The molecule has 18 atom stereocenters. The summed E-state index contributed by atoms with van der Waals surface area (Å²) < 4.78 is 36.1. The number of ether oxygens (including phenoxy) is 6. The van der Waals surface area contributed by atoms with Crippen molar-refractivity contribution in [1.29, 1.82) is 0 Å². The number of hydrogen-bond donors (Lipinski definition) is 6. The molecular formula is C45H74O13. The van der Waals surface area contributed by atoms with Crippen molar-refractivity contribution in [2.45, 2.75) is 168 Å². The van der Waals surface area contributed by atoms with Crippen molar-refractivity contribution >= 4 is 5.97 Å². The van der Waals surface area contributed by atoms with Gasteiger partial charge in [-0.05, 0) is 52.5 Å². The van der Waals surface area contributed by atoms with Crippen LogP contribution in [-0.2, 0) is 33.2 Å². The Morgan fingerprint density at radius 3 is 2.29 bits per heavy atom. The van der Waals surface area contributed by atoms with E-state index in [4.69, 9.17) is 28.4 Å². The highest BCUT2D eigenvalue weighted by Crippen LogP contribution is 2.42. The van der Waals surface area contributed by atoms with Gasteiger partial charge < -0.3 is 59.1 Å². The van der Waals surface area contributed by atoms with Crippen LogP contribution in [0, 0.1) is 35.5 Å². The molecule has 13 nitrogen and oxygen atoms in total. The first-order valence-corrected chi connectivity index (χ1v) is 21.0. The maximum absolute atomic E-state index is 13.9. The Balaban J connectivity index is 2.02. The van der Waals surface area contributed by atoms with E-state index in [0.717, 1.165) is 5.57 Å². The van der Waals surface area contributed by atoms with Crippen LogP contribution in [0.15, 0.2) is 59.4 Å². The van der Waals surface area contributed by atoms with Crippen LogP contribution >= 0.6 is 0 Å². The van der Waals surface area contributed by atoms with Crippen LogP contribution in [0.4, 0.5) is 0 Å². The zero-order valence-corrected chi connectivity index (χ0v) is 36.7. The fraction of sp³-hybridized carbons (Fsp3) is 0.756. The molecule has 0 aromatic rings. The summed E-state index contributed by atoms with van der Waals surface area (Å²) in [5.74, 6) is -5.78. The van der Waals surface area contributed by atoms with Crippen LogP contribution < -0.4 is 0 Å². The van der Waals surface area contributed by atoms with E-state index >= 15 is 0 Å². The van der Waals surface area contributed by atoms with E-state index in [-0.39, 0.29) is 42.3 Å². The maximum atomic E-state index is 13.9. The quantitative estimate of drug-likeness (QED) is 0.129. The van der Waals surface area contributed by atoms with Gasteiger partial charge >= 0.3 is 5.97 Å². The predicted molar refractivity (Wildman–Crippen MR) is 220 cm³/mol. The molecule has 0 saturated carbocycles. The third kappa shape index (κ3) is 12.6. The van der Waals surface area contributed by atoms with Crippen LogP contribution in [-0.4, -0.2) is 124 Å². The van der Waals surface area contributed by atoms with Gasteiger partial charge in [0.2, 0.25) is 5.76 Å². The number of cyclic esters (lactones) is 1. The van der Waals surface area contributed by atoms with E-state index in [1.54, 1.807) is 39.8 Å². The van der Waals surface area contributed by atoms with Crippen molar-refractivity contribution in [3.05, 3.63) is 59.4 Å². The summed E-state index contributed by atoms with van der Waals surface area (Å²) in [6.07, 6.45) is 3.82. The zero-order valence-electron chi connectivity index (χ0n) is 36.7. The molecule has 332 valence electrons. The summed E-state index contributed by atoms with van der Waals surface area (Å²) in [6.45, 7) is 18.3. The molecule has 2 fully saturated rings. The van der Waals surface area contributed by atoms with Crippen molar-refractivity contribution in [2.24, 2.45) is 35.5 Å². The normalized spacial score (nSPS) is 43.9. The highest BCUT2D eigenvalue weighted by atomic mass is 16.7. The molecule has 0 radical (unpaired) electrons. The molecule has 58 heavy (non-hydrogen) atoms. The first-order chi connectivity index (χ1) is 27.2. The number of carbonyl (C=O) groups excluding carboxylic acids is 1. The zero-order chi connectivity index (χ0) is 43.6. The molecule has 0 aromatic heterocycles. The maximum Gasteiger partial charge on any atom is 0.373 e.